The molecule has 1 amide bonds. The van der Waals surface area contributed by atoms with E-state index in [2.05, 4.69) is 22.0 Å². The second kappa shape index (κ2) is 7.61. The normalized spacial score (nSPS) is 17.0. The van der Waals surface area contributed by atoms with E-state index in [0.29, 0.717) is 6.54 Å². The molecule has 1 heterocycles. The Hall–Kier alpha value is -1.52. The fourth-order valence-corrected chi connectivity index (χ4v) is 3.95. The molecule has 3 rings (SSSR count). The molecule has 0 N–H and O–H groups in total. The first kappa shape index (κ1) is 19.2. The van der Waals surface area contributed by atoms with Crippen LogP contribution in [-0.4, -0.2) is 23.1 Å². The zero-order chi connectivity index (χ0) is 18.9. The van der Waals surface area contributed by atoms with E-state index >= 15 is 0 Å². The van der Waals surface area contributed by atoms with Gasteiger partial charge in [0, 0.05) is 16.0 Å². The molecule has 1 unspecified atom stereocenters. The Kier molecular flexibility index (Phi) is 5.64. The summed E-state index contributed by atoms with van der Waals surface area (Å²) >= 11 is 9.81. The molecule has 5 heteroatoms. The molecular formula is C21H23BrClNO2. The van der Waals surface area contributed by atoms with Crippen LogP contribution in [0.5, 0.6) is 0 Å². The van der Waals surface area contributed by atoms with Gasteiger partial charge in [-0.25, -0.2) is 4.79 Å². The van der Waals surface area contributed by atoms with Crippen molar-refractivity contribution in [2.24, 2.45) is 0 Å². The van der Waals surface area contributed by atoms with Crippen molar-refractivity contribution in [2.75, 3.05) is 6.54 Å². The van der Waals surface area contributed by atoms with Gasteiger partial charge < -0.3 is 9.64 Å². The van der Waals surface area contributed by atoms with Crippen molar-refractivity contribution in [1.29, 1.82) is 0 Å². The minimum Gasteiger partial charge on any atom is -0.444 e. The maximum Gasteiger partial charge on any atom is 0.410 e. The van der Waals surface area contributed by atoms with Gasteiger partial charge in [0.1, 0.15) is 5.60 Å². The third kappa shape index (κ3) is 4.41. The Balaban J connectivity index is 1.97. The fourth-order valence-electron chi connectivity index (χ4n) is 3.31. The SMILES string of the molecule is CC(C)(C)OC(=O)N1CCc2cc(Cl)ccc2C1Cc1ccccc1Br. The van der Waals surface area contributed by atoms with E-state index in [-0.39, 0.29) is 12.1 Å². The van der Waals surface area contributed by atoms with Crippen molar-refractivity contribution < 1.29 is 9.53 Å². The van der Waals surface area contributed by atoms with Crippen LogP contribution in [0.3, 0.4) is 0 Å². The average Bonchev–Trinajstić information content (AvgIpc) is 2.55. The molecule has 0 fully saturated rings. The Labute approximate surface area is 168 Å². The van der Waals surface area contributed by atoms with Gasteiger partial charge in [-0.15, -0.1) is 0 Å². The lowest BCUT2D eigenvalue weighted by atomic mass is 9.89. The molecule has 1 aliphatic heterocycles. The van der Waals surface area contributed by atoms with Crippen LogP contribution in [-0.2, 0) is 17.6 Å². The number of amides is 1. The summed E-state index contributed by atoms with van der Waals surface area (Å²) in [5.74, 6) is 0. The molecule has 0 saturated heterocycles. The Bertz CT molecular complexity index is 816. The Morgan fingerprint density at radius 1 is 1.27 bits per heavy atom. The molecule has 1 atom stereocenters. The van der Waals surface area contributed by atoms with Gasteiger partial charge in [-0.3, -0.25) is 0 Å². The molecule has 2 aromatic rings. The van der Waals surface area contributed by atoms with Gasteiger partial charge in [0.05, 0.1) is 6.04 Å². The number of fused-ring (bicyclic) bond motifs is 1. The van der Waals surface area contributed by atoms with Gasteiger partial charge >= 0.3 is 6.09 Å². The molecular weight excluding hydrogens is 414 g/mol. The lowest BCUT2D eigenvalue weighted by Crippen LogP contribution is -2.43. The summed E-state index contributed by atoms with van der Waals surface area (Å²) in [5.41, 5.74) is 2.99. The molecule has 26 heavy (non-hydrogen) atoms. The highest BCUT2D eigenvalue weighted by Crippen LogP contribution is 2.36. The van der Waals surface area contributed by atoms with Crippen molar-refractivity contribution in [3.63, 3.8) is 0 Å². The summed E-state index contributed by atoms with van der Waals surface area (Å²) in [5, 5.41) is 0.731. The third-order valence-corrected chi connectivity index (χ3v) is 5.47. The summed E-state index contributed by atoms with van der Waals surface area (Å²) < 4.78 is 6.71. The van der Waals surface area contributed by atoms with E-state index in [4.69, 9.17) is 16.3 Å². The molecule has 0 aliphatic carbocycles. The van der Waals surface area contributed by atoms with Crippen LogP contribution < -0.4 is 0 Å². The van der Waals surface area contributed by atoms with Crippen molar-refractivity contribution in [3.05, 3.63) is 68.7 Å². The second-order valence-electron chi connectivity index (χ2n) is 7.58. The molecule has 0 saturated carbocycles. The summed E-state index contributed by atoms with van der Waals surface area (Å²) in [7, 11) is 0. The molecule has 0 aromatic heterocycles. The average molecular weight is 437 g/mol. The Morgan fingerprint density at radius 3 is 2.69 bits per heavy atom. The predicted molar refractivity (Wildman–Crippen MR) is 109 cm³/mol. The van der Waals surface area contributed by atoms with Crippen molar-refractivity contribution in [3.8, 4) is 0 Å². The van der Waals surface area contributed by atoms with Gasteiger partial charge in [-0.2, -0.15) is 0 Å². The zero-order valence-corrected chi connectivity index (χ0v) is 17.6. The number of carbonyl (C=O) groups is 1. The third-order valence-electron chi connectivity index (χ3n) is 4.46. The van der Waals surface area contributed by atoms with E-state index < -0.39 is 5.60 Å². The summed E-state index contributed by atoms with van der Waals surface area (Å²) in [4.78, 5) is 14.7. The van der Waals surface area contributed by atoms with Crippen molar-refractivity contribution in [2.45, 2.75) is 45.3 Å². The molecule has 0 spiro atoms. The van der Waals surface area contributed by atoms with E-state index in [1.807, 2.05) is 62.1 Å². The highest BCUT2D eigenvalue weighted by atomic mass is 79.9. The van der Waals surface area contributed by atoms with Crippen molar-refractivity contribution >= 4 is 33.6 Å². The molecule has 2 aromatic carbocycles. The number of hydrogen-bond acceptors (Lipinski definition) is 2. The Morgan fingerprint density at radius 2 is 2.00 bits per heavy atom. The number of halogens is 2. The monoisotopic (exact) mass is 435 g/mol. The molecule has 1 aliphatic rings. The number of hydrogen-bond donors (Lipinski definition) is 0. The quantitative estimate of drug-likeness (QED) is 0.562. The molecule has 138 valence electrons. The van der Waals surface area contributed by atoms with Crippen LogP contribution >= 0.6 is 27.5 Å². The standard InChI is InChI=1S/C21H23BrClNO2/c1-21(2,3)26-20(25)24-11-10-14-12-16(23)8-9-17(14)19(24)13-15-6-4-5-7-18(15)22/h4-9,12,19H,10-11,13H2,1-3H3. The fraction of sp³-hybridized carbons (Fsp3) is 0.381. The summed E-state index contributed by atoms with van der Waals surface area (Å²) in [6.45, 7) is 6.31. The number of carbonyl (C=O) groups excluding carboxylic acids is 1. The van der Waals surface area contributed by atoms with Gasteiger partial charge in [0.2, 0.25) is 0 Å². The van der Waals surface area contributed by atoms with E-state index in [9.17, 15) is 4.79 Å². The summed E-state index contributed by atoms with van der Waals surface area (Å²) in [6, 6.07) is 14.0. The summed E-state index contributed by atoms with van der Waals surface area (Å²) in [6.07, 6.45) is 1.23. The minimum absolute atomic E-state index is 0.0791. The van der Waals surface area contributed by atoms with Gasteiger partial charge in [0.25, 0.3) is 0 Å². The van der Waals surface area contributed by atoms with Crippen LogP contribution in [0.2, 0.25) is 5.02 Å². The van der Waals surface area contributed by atoms with E-state index in [0.717, 1.165) is 33.5 Å². The van der Waals surface area contributed by atoms with Gasteiger partial charge in [-0.1, -0.05) is 51.8 Å². The maximum absolute atomic E-state index is 12.8. The number of nitrogens with zero attached hydrogens (tertiary/aromatic N) is 1. The predicted octanol–water partition coefficient (Wildman–Crippen LogP) is 6.18. The first-order valence-electron chi connectivity index (χ1n) is 8.76. The van der Waals surface area contributed by atoms with Gasteiger partial charge in [-0.05, 0) is 68.5 Å². The lowest BCUT2D eigenvalue weighted by molar-refractivity contribution is 0.0141. The smallest absolute Gasteiger partial charge is 0.410 e. The molecule has 0 radical (unpaired) electrons. The maximum atomic E-state index is 12.8. The highest BCUT2D eigenvalue weighted by molar-refractivity contribution is 9.10. The number of rotatable bonds is 2. The number of benzene rings is 2. The van der Waals surface area contributed by atoms with Crippen LogP contribution in [0, 0.1) is 0 Å². The van der Waals surface area contributed by atoms with E-state index in [1.165, 1.54) is 5.56 Å². The minimum atomic E-state index is -0.519. The van der Waals surface area contributed by atoms with Crippen LogP contribution in [0.4, 0.5) is 4.79 Å². The zero-order valence-electron chi connectivity index (χ0n) is 15.3. The lowest BCUT2D eigenvalue weighted by Gasteiger charge is -2.38. The first-order valence-corrected chi connectivity index (χ1v) is 9.93. The van der Waals surface area contributed by atoms with Crippen LogP contribution in [0.1, 0.15) is 43.5 Å². The highest BCUT2D eigenvalue weighted by Gasteiger charge is 2.34. The van der Waals surface area contributed by atoms with Crippen LogP contribution in [0.25, 0.3) is 0 Å². The second-order valence-corrected chi connectivity index (χ2v) is 8.87. The topological polar surface area (TPSA) is 29.5 Å². The largest absolute Gasteiger partial charge is 0.444 e. The molecule has 3 nitrogen and oxygen atoms in total. The van der Waals surface area contributed by atoms with E-state index in [1.54, 1.807) is 0 Å². The van der Waals surface area contributed by atoms with Crippen LogP contribution in [0.15, 0.2) is 46.9 Å². The van der Waals surface area contributed by atoms with Crippen molar-refractivity contribution in [1.82, 2.24) is 4.90 Å². The number of ether oxygens (including phenoxy) is 1. The van der Waals surface area contributed by atoms with Gasteiger partial charge in [0.15, 0.2) is 0 Å². The molecule has 0 bridgehead atoms. The first-order chi connectivity index (χ1) is 12.2.